The Morgan fingerprint density at radius 2 is 2.24 bits per heavy atom. The van der Waals surface area contributed by atoms with Crippen molar-refractivity contribution in [1.82, 2.24) is 9.47 Å². The molecule has 0 saturated carbocycles. The minimum atomic E-state index is -0.757. The summed E-state index contributed by atoms with van der Waals surface area (Å²) in [4.78, 5) is 13.2. The third-order valence-corrected chi connectivity index (χ3v) is 4.20. The van der Waals surface area contributed by atoms with Gasteiger partial charge in [0.1, 0.15) is 5.75 Å². The molecule has 0 bridgehead atoms. The van der Waals surface area contributed by atoms with Crippen LogP contribution in [0.2, 0.25) is 0 Å². The van der Waals surface area contributed by atoms with Gasteiger partial charge in [0.05, 0.1) is 13.5 Å². The quantitative estimate of drug-likeness (QED) is 0.936. The Kier molecular flexibility index (Phi) is 3.59. The Hall–Kier alpha value is -2.01. The van der Waals surface area contributed by atoms with Gasteiger partial charge in [-0.2, -0.15) is 0 Å². The predicted octanol–water partition coefficient (Wildman–Crippen LogP) is 2.11. The maximum Gasteiger partial charge on any atom is 0.305 e. The number of aliphatic carboxylic acids is 1. The van der Waals surface area contributed by atoms with Crippen molar-refractivity contribution in [2.75, 3.05) is 20.7 Å². The molecule has 0 fully saturated rings. The van der Waals surface area contributed by atoms with E-state index in [1.807, 2.05) is 12.1 Å². The molecule has 0 radical (unpaired) electrons. The van der Waals surface area contributed by atoms with Gasteiger partial charge in [0.15, 0.2) is 0 Å². The molecule has 1 aliphatic heterocycles. The number of carbonyl (C=O) groups is 1. The molecule has 0 spiro atoms. The van der Waals surface area contributed by atoms with Gasteiger partial charge in [-0.3, -0.25) is 4.79 Å². The van der Waals surface area contributed by atoms with E-state index in [9.17, 15) is 4.79 Å². The summed E-state index contributed by atoms with van der Waals surface area (Å²) < 4.78 is 7.50. The van der Waals surface area contributed by atoms with Gasteiger partial charge in [-0.1, -0.05) is 0 Å². The number of carboxylic acid groups (broad SMARTS) is 1. The number of fused-ring (bicyclic) bond motifs is 3. The highest BCUT2D eigenvalue weighted by Gasteiger charge is 2.22. The number of hydrogen-bond donors (Lipinski definition) is 1. The van der Waals surface area contributed by atoms with Crippen molar-refractivity contribution in [3.05, 3.63) is 29.5 Å². The molecule has 0 unspecified atom stereocenters. The first kappa shape index (κ1) is 13.9. The largest absolute Gasteiger partial charge is 0.497 e. The molecule has 2 heterocycles. The van der Waals surface area contributed by atoms with Crippen LogP contribution < -0.4 is 4.74 Å². The summed E-state index contributed by atoms with van der Waals surface area (Å²) in [6.45, 7) is 2.43. The second-order valence-corrected chi connectivity index (χ2v) is 5.59. The fourth-order valence-electron chi connectivity index (χ4n) is 3.15. The number of nitrogens with zero attached hydrogens (tertiary/aromatic N) is 2. The van der Waals surface area contributed by atoms with E-state index >= 15 is 0 Å². The lowest BCUT2D eigenvalue weighted by Gasteiger charge is -2.24. The summed E-state index contributed by atoms with van der Waals surface area (Å²) in [5, 5.41) is 10.2. The van der Waals surface area contributed by atoms with Crippen LogP contribution in [-0.4, -0.2) is 41.2 Å². The van der Waals surface area contributed by atoms with Crippen LogP contribution in [0, 0.1) is 0 Å². The van der Waals surface area contributed by atoms with Crippen molar-refractivity contribution in [3.63, 3.8) is 0 Å². The Morgan fingerprint density at radius 3 is 2.95 bits per heavy atom. The van der Waals surface area contributed by atoms with Crippen LogP contribution in [0.5, 0.6) is 5.75 Å². The molecule has 1 aliphatic rings. The second kappa shape index (κ2) is 5.41. The van der Waals surface area contributed by atoms with Crippen LogP contribution in [-0.2, 0) is 24.3 Å². The van der Waals surface area contributed by atoms with E-state index in [1.54, 1.807) is 7.11 Å². The lowest BCUT2D eigenvalue weighted by atomic mass is 10.0. The van der Waals surface area contributed by atoms with E-state index in [-0.39, 0.29) is 6.42 Å². The van der Waals surface area contributed by atoms with Crippen molar-refractivity contribution in [2.24, 2.45) is 0 Å². The van der Waals surface area contributed by atoms with Gasteiger partial charge < -0.3 is 19.3 Å². The maximum absolute atomic E-state index is 10.9. The highest BCUT2D eigenvalue weighted by molar-refractivity contribution is 5.87. The summed E-state index contributed by atoms with van der Waals surface area (Å²) >= 11 is 0. The monoisotopic (exact) mass is 288 g/mol. The number of rotatable bonds is 4. The van der Waals surface area contributed by atoms with Gasteiger partial charge in [0.2, 0.25) is 0 Å². The first-order valence-corrected chi connectivity index (χ1v) is 7.18. The molecular formula is C16H20N2O3. The van der Waals surface area contributed by atoms with E-state index in [2.05, 4.69) is 22.6 Å². The molecule has 112 valence electrons. The third kappa shape index (κ3) is 2.49. The van der Waals surface area contributed by atoms with E-state index in [4.69, 9.17) is 9.84 Å². The molecule has 0 atom stereocenters. The molecular weight excluding hydrogens is 268 g/mol. The number of aromatic nitrogens is 1. The first-order valence-electron chi connectivity index (χ1n) is 7.18. The number of methoxy groups -OCH3 is 1. The van der Waals surface area contributed by atoms with Crippen LogP contribution in [0.1, 0.15) is 17.7 Å². The van der Waals surface area contributed by atoms with Gasteiger partial charge in [0.25, 0.3) is 0 Å². The number of hydrogen-bond acceptors (Lipinski definition) is 3. The van der Waals surface area contributed by atoms with Crippen LogP contribution in [0.25, 0.3) is 10.9 Å². The van der Waals surface area contributed by atoms with Crippen molar-refractivity contribution >= 4 is 16.9 Å². The van der Waals surface area contributed by atoms with E-state index in [1.165, 1.54) is 16.6 Å². The molecule has 1 aromatic carbocycles. The number of aryl methyl sites for hydroxylation is 1. The van der Waals surface area contributed by atoms with E-state index in [0.29, 0.717) is 6.54 Å². The maximum atomic E-state index is 10.9. The van der Waals surface area contributed by atoms with E-state index in [0.717, 1.165) is 30.8 Å². The molecule has 5 nitrogen and oxygen atoms in total. The lowest BCUT2D eigenvalue weighted by molar-refractivity contribution is -0.137. The summed E-state index contributed by atoms with van der Waals surface area (Å²) in [5.41, 5.74) is 3.69. The normalized spacial score (nSPS) is 15.1. The first-order chi connectivity index (χ1) is 10.1. The second-order valence-electron chi connectivity index (χ2n) is 5.59. The zero-order chi connectivity index (χ0) is 15.0. The summed E-state index contributed by atoms with van der Waals surface area (Å²) in [7, 11) is 3.78. The van der Waals surface area contributed by atoms with Crippen LogP contribution >= 0.6 is 0 Å². The molecule has 5 heteroatoms. The van der Waals surface area contributed by atoms with Crippen LogP contribution in [0.3, 0.4) is 0 Å². The van der Waals surface area contributed by atoms with Gasteiger partial charge in [-0.25, -0.2) is 0 Å². The summed E-state index contributed by atoms with van der Waals surface area (Å²) in [6, 6.07) is 6.04. The third-order valence-electron chi connectivity index (χ3n) is 4.20. The molecule has 2 aromatic rings. The van der Waals surface area contributed by atoms with Gasteiger partial charge >= 0.3 is 5.97 Å². The molecule has 0 aliphatic carbocycles. The number of carboxylic acids is 1. The molecule has 1 N–H and O–H groups in total. The summed E-state index contributed by atoms with van der Waals surface area (Å²) in [6.07, 6.45) is 1.11. The average Bonchev–Trinajstić information content (AvgIpc) is 2.77. The Morgan fingerprint density at radius 1 is 1.43 bits per heavy atom. The number of likely N-dealkylation sites (N-methyl/N-ethyl adjacent to an activating group) is 1. The fourth-order valence-corrected chi connectivity index (χ4v) is 3.15. The highest BCUT2D eigenvalue weighted by Crippen LogP contribution is 2.33. The molecule has 0 amide bonds. The lowest BCUT2D eigenvalue weighted by Crippen LogP contribution is -2.27. The van der Waals surface area contributed by atoms with Crippen molar-refractivity contribution in [2.45, 2.75) is 25.9 Å². The van der Waals surface area contributed by atoms with Gasteiger partial charge in [-0.05, 0) is 30.8 Å². The zero-order valence-corrected chi connectivity index (χ0v) is 12.4. The van der Waals surface area contributed by atoms with Crippen molar-refractivity contribution in [1.29, 1.82) is 0 Å². The topological polar surface area (TPSA) is 54.7 Å². The van der Waals surface area contributed by atoms with Crippen LogP contribution in [0.15, 0.2) is 18.2 Å². The number of benzene rings is 1. The fraction of sp³-hybridized carbons (Fsp3) is 0.438. The molecule has 1 aromatic heterocycles. The van der Waals surface area contributed by atoms with E-state index < -0.39 is 5.97 Å². The molecule has 3 rings (SSSR count). The zero-order valence-electron chi connectivity index (χ0n) is 12.4. The highest BCUT2D eigenvalue weighted by atomic mass is 16.5. The van der Waals surface area contributed by atoms with Gasteiger partial charge in [0, 0.05) is 42.7 Å². The smallest absolute Gasteiger partial charge is 0.305 e. The van der Waals surface area contributed by atoms with Gasteiger partial charge in [-0.15, -0.1) is 0 Å². The molecule has 0 saturated heterocycles. The van der Waals surface area contributed by atoms with Crippen molar-refractivity contribution in [3.8, 4) is 5.75 Å². The Bertz CT molecular complexity index is 690. The average molecular weight is 288 g/mol. The van der Waals surface area contributed by atoms with Crippen LogP contribution in [0.4, 0.5) is 0 Å². The minimum Gasteiger partial charge on any atom is -0.497 e. The minimum absolute atomic E-state index is 0.151. The van der Waals surface area contributed by atoms with Crippen molar-refractivity contribution < 1.29 is 14.6 Å². The molecule has 21 heavy (non-hydrogen) atoms. The Balaban J connectivity index is 2.14. The predicted molar refractivity (Wildman–Crippen MR) is 80.8 cm³/mol. The standard InChI is InChI=1S/C16H20N2O3/c1-17-7-5-15-13(10-17)12-9-11(21-2)3-4-14(12)18(15)8-6-16(19)20/h3-4,9H,5-8,10H2,1-2H3,(H,19,20). The Labute approximate surface area is 123 Å². The number of ether oxygens (including phenoxy) is 1. The SMILES string of the molecule is COc1ccc2c(c1)c1c(n2CCC(=O)O)CCN(C)C1. The summed E-state index contributed by atoms with van der Waals surface area (Å²) in [5.74, 6) is 0.0842.